The summed E-state index contributed by atoms with van der Waals surface area (Å²) in [6.45, 7) is 2.55. The number of aliphatic hydroxyl groups is 1. The van der Waals surface area contributed by atoms with Crippen LogP contribution in [0.15, 0.2) is 0 Å². The third-order valence-electron chi connectivity index (χ3n) is 5.15. The van der Waals surface area contributed by atoms with Gasteiger partial charge in [0.1, 0.15) is 6.10 Å². The Balaban J connectivity index is 1.84. The third kappa shape index (κ3) is 6.56. The highest BCUT2D eigenvalue weighted by atomic mass is 16.7. The second kappa shape index (κ2) is 10.1. The van der Waals surface area contributed by atoms with Crippen molar-refractivity contribution in [1.29, 1.82) is 0 Å². The summed E-state index contributed by atoms with van der Waals surface area (Å²) in [6, 6.07) is 0. The molecule has 1 aliphatic carbocycles. The second-order valence-corrected chi connectivity index (χ2v) is 7.03. The summed E-state index contributed by atoms with van der Waals surface area (Å²) >= 11 is 0. The van der Waals surface area contributed by atoms with Gasteiger partial charge in [0, 0.05) is 32.1 Å². The van der Waals surface area contributed by atoms with Gasteiger partial charge in [-0.3, -0.25) is 9.59 Å². The van der Waals surface area contributed by atoms with Gasteiger partial charge in [0.05, 0.1) is 19.3 Å². The lowest BCUT2D eigenvalue weighted by molar-refractivity contribution is -0.149. The first-order chi connectivity index (χ1) is 12.0. The predicted molar refractivity (Wildman–Crippen MR) is 88.8 cm³/mol. The highest BCUT2D eigenvalue weighted by molar-refractivity contribution is 5.66. The van der Waals surface area contributed by atoms with Gasteiger partial charge in [-0.05, 0) is 18.8 Å². The lowest BCUT2D eigenvalue weighted by Gasteiger charge is -2.26. The van der Waals surface area contributed by atoms with E-state index in [-0.39, 0.29) is 36.6 Å². The Morgan fingerprint density at radius 3 is 2.40 bits per heavy atom. The van der Waals surface area contributed by atoms with Crippen molar-refractivity contribution < 1.29 is 34.0 Å². The first-order valence-electron chi connectivity index (χ1n) is 9.27. The molecule has 1 aliphatic heterocycles. The molecule has 2 N–H and O–H groups in total. The van der Waals surface area contributed by atoms with Crippen molar-refractivity contribution in [1.82, 2.24) is 0 Å². The molecule has 1 saturated heterocycles. The van der Waals surface area contributed by atoms with Crippen LogP contribution in [-0.2, 0) is 23.8 Å². The number of aliphatic carboxylic acids is 1. The van der Waals surface area contributed by atoms with E-state index in [1.807, 2.05) is 0 Å². The van der Waals surface area contributed by atoms with Crippen molar-refractivity contribution in [2.24, 2.45) is 11.8 Å². The molecule has 7 heteroatoms. The molecule has 0 bridgehead atoms. The van der Waals surface area contributed by atoms with Crippen molar-refractivity contribution in [3.05, 3.63) is 0 Å². The molecular weight excluding hydrogens is 328 g/mol. The number of rotatable bonds is 10. The molecule has 25 heavy (non-hydrogen) atoms. The van der Waals surface area contributed by atoms with E-state index in [0.29, 0.717) is 32.5 Å². The van der Waals surface area contributed by atoms with Gasteiger partial charge in [-0.15, -0.1) is 0 Å². The van der Waals surface area contributed by atoms with Crippen molar-refractivity contribution in [3.63, 3.8) is 0 Å². The van der Waals surface area contributed by atoms with Gasteiger partial charge in [-0.25, -0.2) is 0 Å². The largest absolute Gasteiger partial charge is 0.481 e. The van der Waals surface area contributed by atoms with Gasteiger partial charge in [0.15, 0.2) is 6.29 Å². The lowest BCUT2D eigenvalue weighted by Crippen LogP contribution is -2.28. The summed E-state index contributed by atoms with van der Waals surface area (Å²) in [5.74, 6) is -0.999. The number of ether oxygens (including phenoxy) is 3. The van der Waals surface area contributed by atoms with Gasteiger partial charge in [0.25, 0.3) is 0 Å². The highest BCUT2D eigenvalue weighted by Crippen LogP contribution is 2.41. The van der Waals surface area contributed by atoms with Crippen molar-refractivity contribution in [2.45, 2.75) is 76.8 Å². The molecule has 2 fully saturated rings. The highest BCUT2D eigenvalue weighted by Gasteiger charge is 2.45. The SMILES string of the molecule is CC(=O)O[C@H]1C[C@@H](O)[C@H](CC2OCCO2)[C@H]1CCCCCCC(=O)O. The van der Waals surface area contributed by atoms with E-state index in [1.165, 1.54) is 6.92 Å². The third-order valence-corrected chi connectivity index (χ3v) is 5.15. The Labute approximate surface area is 148 Å². The number of esters is 1. The van der Waals surface area contributed by atoms with Crippen molar-refractivity contribution in [2.75, 3.05) is 13.2 Å². The first kappa shape index (κ1) is 20.1. The molecule has 0 aromatic heterocycles. The summed E-state index contributed by atoms with van der Waals surface area (Å²) in [5, 5.41) is 19.1. The molecular formula is C18H30O7. The summed E-state index contributed by atoms with van der Waals surface area (Å²) < 4.78 is 16.5. The zero-order valence-electron chi connectivity index (χ0n) is 14.9. The van der Waals surface area contributed by atoms with Gasteiger partial charge in [-0.2, -0.15) is 0 Å². The number of carbonyl (C=O) groups excluding carboxylic acids is 1. The summed E-state index contributed by atoms with van der Waals surface area (Å²) in [6.07, 6.45) is 4.48. The van der Waals surface area contributed by atoms with Crippen LogP contribution in [0, 0.1) is 11.8 Å². The average molecular weight is 358 g/mol. The summed E-state index contributed by atoms with van der Waals surface area (Å²) in [4.78, 5) is 21.9. The fraction of sp³-hybridized carbons (Fsp3) is 0.889. The van der Waals surface area contributed by atoms with Crippen LogP contribution in [-0.4, -0.2) is 53.9 Å². The Hall–Kier alpha value is -1.18. The van der Waals surface area contributed by atoms with Gasteiger partial charge in [-0.1, -0.05) is 19.3 Å². The first-order valence-corrected chi connectivity index (χ1v) is 9.27. The van der Waals surface area contributed by atoms with Crippen LogP contribution in [0.2, 0.25) is 0 Å². The molecule has 0 aromatic carbocycles. The minimum atomic E-state index is -0.759. The van der Waals surface area contributed by atoms with E-state index in [4.69, 9.17) is 19.3 Å². The molecule has 2 rings (SSSR count). The van der Waals surface area contributed by atoms with E-state index in [1.54, 1.807) is 0 Å². The standard InChI is InChI=1S/C18H30O7/c1-12(19)25-16-11-15(20)14(10-18-23-8-9-24-18)13(16)6-4-2-3-5-7-17(21)22/h13-16,18,20H,2-11H2,1H3,(H,21,22)/t13-,14-,15-,16+/m1/s1. The fourth-order valence-electron chi connectivity index (χ4n) is 4.00. The van der Waals surface area contributed by atoms with Crippen molar-refractivity contribution in [3.8, 4) is 0 Å². The van der Waals surface area contributed by atoms with Crippen LogP contribution in [0.3, 0.4) is 0 Å². The van der Waals surface area contributed by atoms with Gasteiger partial charge in [0.2, 0.25) is 0 Å². The van der Waals surface area contributed by atoms with E-state index < -0.39 is 12.1 Å². The zero-order valence-corrected chi connectivity index (χ0v) is 14.9. The molecule has 0 aromatic rings. The van der Waals surface area contributed by atoms with E-state index in [0.717, 1.165) is 25.7 Å². The number of carbonyl (C=O) groups is 2. The smallest absolute Gasteiger partial charge is 0.303 e. The fourth-order valence-corrected chi connectivity index (χ4v) is 4.00. The topological polar surface area (TPSA) is 102 Å². The molecule has 7 nitrogen and oxygen atoms in total. The Kier molecular flexibility index (Phi) is 8.12. The molecule has 2 aliphatic rings. The molecule has 1 saturated carbocycles. The molecule has 0 radical (unpaired) electrons. The van der Waals surface area contributed by atoms with Crippen LogP contribution in [0.1, 0.15) is 58.3 Å². The quantitative estimate of drug-likeness (QED) is 0.455. The second-order valence-electron chi connectivity index (χ2n) is 7.03. The Morgan fingerprint density at radius 2 is 1.76 bits per heavy atom. The van der Waals surface area contributed by atoms with Crippen LogP contribution >= 0.6 is 0 Å². The number of aliphatic hydroxyl groups excluding tert-OH is 1. The molecule has 144 valence electrons. The molecule has 0 spiro atoms. The molecule has 0 amide bonds. The predicted octanol–water partition coefficient (Wildman–Crippen LogP) is 2.10. The number of carboxylic acids is 1. The van der Waals surface area contributed by atoms with Crippen molar-refractivity contribution >= 4 is 11.9 Å². The van der Waals surface area contributed by atoms with Crippen LogP contribution < -0.4 is 0 Å². The van der Waals surface area contributed by atoms with E-state index >= 15 is 0 Å². The minimum Gasteiger partial charge on any atom is -0.481 e. The van der Waals surface area contributed by atoms with Crippen LogP contribution in [0.4, 0.5) is 0 Å². The number of unbranched alkanes of at least 4 members (excludes halogenated alkanes) is 3. The van der Waals surface area contributed by atoms with E-state index in [9.17, 15) is 14.7 Å². The monoisotopic (exact) mass is 358 g/mol. The normalized spacial score (nSPS) is 29.8. The molecule has 0 unspecified atom stereocenters. The Morgan fingerprint density at radius 1 is 1.08 bits per heavy atom. The maximum atomic E-state index is 11.4. The molecule has 1 heterocycles. The lowest BCUT2D eigenvalue weighted by atomic mass is 9.86. The minimum absolute atomic E-state index is 0.00790. The number of hydrogen-bond acceptors (Lipinski definition) is 6. The zero-order chi connectivity index (χ0) is 18.2. The number of hydrogen-bond donors (Lipinski definition) is 2. The molecule has 4 atom stereocenters. The summed E-state index contributed by atoms with van der Waals surface area (Å²) in [5.41, 5.74) is 0. The average Bonchev–Trinajstić information content (AvgIpc) is 3.13. The van der Waals surface area contributed by atoms with Crippen LogP contribution in [0.5, 0.6) is 0 Å². The number of carboxylic acid groups (broad SMARTS) is 1. The Bertz CT molecular complexity index is 433. The summed E-state index contributed by atoms with van der Waals surface area (Å²) in [7, 11) is 0. The maximum absolute atomic E-state index is 11.4. The van der Waals surface area contributed by atoms with Gasteiger partial charge >= 0.3 is 11.9 Å². The van der Waals surface area contributed by atoms with E-state index in [2.05, 4.69) is 0 Å². The maximum Gasteiger partial charge on any atom is 0.303 e. The van der Waals surface area contributed by atoms with Crippen LogP contribution in [0.25, 0.3) is 0 Å². The van der Waals surface area contributed by atoms with Gasteiger partial charge < -0.3 is 24.4 Å².